The molecule has 1 fully saturated rings. The number of hydrogen-bond acceptors (Lipinski definition) is 4. The van der Waals surface area contributed by atoms with Crippen molar-refractivity contribution in [1.29, 1.82) is 0 Å². The third-order valence-corrected chi connectivity index (χ3v) is 4.86. The van der Waals surface area contributed by atoms with E-state index in [1.807, 2.05) is 32.9 Å². The molecular weight excluding hydrogens is 344 g/mol. The van der Waals surface area contributed by atoms with Gasteiger partial charge in [-0.05, 0) is 38.5 Å². The van der Waals surface area contributed by atoms with Gasteiger partial charge in [0.15, 0.2) is 0 Å². The molecule has 0 spiro atoms. The van der Waals surface area contributed by atoms with Gasteiger partial charge < -0.3 is 15.5 Å². The van der Waals surface area contributed by atoms with Gasteiger partial charge in [0.2, 0.25) is 11.8 Å². The molecule has 1 aromatic heterocycles. The monoisotopic (exact) mass is 368 g/mol. The molecule has 1 saturated heterocycles. The van der Waals surface area contributed by atoms with Gasteiger partial charge in [-0.2, -0.15) is 0 Å². The van der Waals surface area contributed by atoms with E-state index in [1.165, 1.54) is 11.9 Å². The molecule has 0 radical (unpaired) electrons. The molecule has 2 aromatic rings. The molecule has 0 aliphatic carbocycles. The summed E-state index contributed by atoms with van der Waals surface area (Å²) in [5.74, 6) is -0.836. The highest BCUT2D eigenvalue weighted by Crippen LogP contribution is 2.26. The quantitative estimate of drug-likeness (QED) is 0.853. The van der Waals surface area contributed by atoms with Crippen LogP contribution in [0.25, 0.3) is 10.9 Å². The molecule has 2 N–H and O–H groups in total. The number of hydrogen-bond donors (Lipinski definition) is 2. The van der Waals surface area contributed by atoms with Crippen LogP contribution in [0.2, 0.25) is 0 Å². The van der Waals surface area contributed by atoms with Gasteiger partial charge in [-0.3, -0.25) is 19.4 Å². The maximum Gasteiger partial charge on any atom is 0.255 e. The second-order valence-electron chi connectivity index (χ2n) is 6.97. The summed E-state index contributed by atoms with van der Waals surface area (Å²) < 4.78 is 0. The summed E-state index contributed by atoms with van der Waals surface area (Å²) in [5, 5.41) is 6.03. The minimum absolute atomic E-state index is 0.0614. The van der Waals surface area contributed by atoms with Crippen LogP contribution in [0.3, 0.4) is 0 Å². The SMILES string of the molecule is CNC(=O)C[C@H]1C(=O)NCCN1C(=O)c1cc(C)nc2c(C)cc(C)cc12. The van der Waals surface area contributed by atoms with Crippen LogP contribution in [-0.2, 0) is 9.59 Å². The summed E-state index contributed by atoms with van der Waals surface area (Å²) in [6.45, 7) is 6.53. The minimum atomic E-state index is -0.819. The van der Waals surface area contributed by atoms with Crippen molar-refractivity contribution in [2.45, 2.75) is 33.2 Å². The molecule has 1 aliphatic rings. The van der Waals surface area contributed by atoms with E-state index < -0.39 is 6.04 Å². The van der Waals surface area contributed by atoms with Gasteiger partial charge in [-0.25, -0.2) is 0 Å². The standard InChI is InChI=1S/C20H24N4O3/c1-11-7-12(2)18-14(8-11)15(9-13(3)23-18)20(27)24-6-5-22-19(26)16(24)10-17(25)21-4/h7-9,16H,5-6,10H2,1-4H3,(H,21,25)(H,22,26)/t16-/m0/s1. The van der Waals surface area contributed by atoms with Crippen molar-refractivity contribution in [1.82, 2.24) is 20.5 Å². The zero-order valence-electron chi connectivity index (χ0n) is 16.0. The Morgan fingerprint density at radius 1 is 1.26 bits per heavy atom. The summed E-state index contributed by atoms with van der Waals surface area (Å²) >= 11 is 0. The van der Waals surface area contributed by atoms with Crippen LogP contribution >= 0.6 is 0 Å². The third kappa shape index (κ3) is 3.63. The van der Waals surface area contributed by atoms with E-state index in [0.717, 1.165) is 27.7 Å². The highest BCUT2D eigenvalue weighted by molar-refractivity contribution is 6.08. The van der Waals surface area contributed by atoms with E-state index in [9.17, 15) is 14.4 Å². The first-order chi connectivity index (χ1) is 12.8. The Bertz CT molecular complexity index is 938. The number of nitrogens with zero attached hydrogens (tertiary/aromatic N) is 2. The van der Waals surface area contributed by atoms with Gasteiger partial charge in [0, 0.05) is 31.2 Å². The molecule has 142 valence electrons. The number of piperazine rings is 1. The Morgan fingerprint density at radius 2 is 2.00 bits per heavy atom. The normalized spacial score (nSPS) is 17.0. The first-order valence-electron chi connectivity index (χ1n) is 8.99. The lowest BCUT2D eigenvalue weighted by molar-refractivity contribution is -0.132. The van der Waals surface area contributed by atoms with E-state index in [2.05, 4.69) is 15.6 Å². The van der Waals surface area contributed by atoms with Crippen LogP contribution < -0.4 is 10.6 Å². The number of carbonyl (C=O) groups excluding carboxylic acids is 3. The Hall–Kier alpha value is -2.96. The van der Waals surface area contributed by atoms with Gasteiger partial charge >= 0.3 is 0 Å². The predicted molar refractivity (Wildman–Crippen MR) is 102 cm³/mol. The largest absolute Gasteiger partial charge is 0.359 e. The second kappa shape index (κ2) is 7.34. The molecule has 3 amide bonds. The van der Waals surface area contributed by atoms with Crippen molar-refractivity contribution in [2.24, 2.45) is 0 Å². The van der Waals surface area contributed by atoms with Crippen molar-refractivity contribution in [3.8, 4) is 0 Å². The summed E-state index contributed by atoms with van der Waals surface area (Å²) in [5.41, 5.74) is 4.08. The highest BCUT2D eigenvalue weighted by Gasteiger charge is 2.35. The van der Waals surface area contributed by atoms with E-state index in [4.69, 9.17) is 0 Å². The number of aryl methyl sites for hydroxylation is 3. The van der Waals surface area contributed by atoms with Gasteiger partial charge in [-0.1, -0.05) is 11.6 Å². The fourth-order valence-corrected chi connectivity index (χ4v) is 3.58. The lowest BCUT2D eigenvalue weighted by atomic mass is 9.99. The predicted octanol–water partition coefficient (Wildman–Crippen LogP) is 1.24. The zero-order valence-corrected chi connectivity index (χ0v) is 16.0. The second-order valence-corrected chi connectivity index (χ2v) is 6.97. The molecular formula is C20H24N4O3. The number of pyridine rings is 1. The number of carbonyl (C=O) groups is 3. The lowest BCUT2D eigenvalue weighted by Crippen LogP contribution is -2.58. The van der Waals surface area contributed by atoms with E-state index in [-0.39, 0.29) is 24.1 Å². The molecule has 7 heteroatoms. The smallest absolute Gasteiger partial charge is 0.255 e. The van der Waals surface area contributed by atoms with Crippen molar-refractivity contribution < 1.29 is 14.4 Å². The van der Waals surface area contributed by atoms with Crippen molar-refractivity contribution in [3.05, 3.63) is 40.6 Å². The molecule has 2 heterocycles. The van der Waals surface area contributed by atoms with Gasteiger partial charge in [0.1, 0.15) is 6.04 Å². The van der Waals surface area contributed by atoms with Gasteiger partial charge in [-0.15, -0.1) is 0 Å². The molecule has 1 atom stereocenters. The number of fused-ring (bicyclic) bond motifs is 1. The van der Waals surface area contributed by atoms with Gasteiger partial charge in [0.05, 0.1) is 17.5 Å². The Balaban J connectivity index is 2.08. The van der Waals surface area contributed by atoms with E-state index in [0.29, 0.717) is 18.7 Å². The molecule has 1 aliphatic heterocycles. The molecule has 27 heavy (non-hydrogen) atoms. The first kappa shape index (κ1) is 18.8. The van der Waals surface area contributed by atoms with Crippen LogP contribution in [0, 0.1) is 20.8 Å². The van der Waals surface area contributed by atoms with E-state index in [1.54, 1.807) is 6.07 Å². The maximum atomic E-state index is 13.4. The summed E-state index contributed by atoms with van der Waals surface area (Å²) in [7, 11) is 1.51. The third-order valence-electron chi connectivity index (χ3n) is 4.86. The van der Waals surface area contributed by atoms with Crippen molar-refractivity contribution in [3.63, 3.8) is 0 Å². The molecule has 3 rings (SSSR count). The topological polar surface area (TPSA) is 91.4 Å². The summed E-state index contributed by atoms with van der Waals surface area (Å²) in [6, 6.07) is 4.92. The van der Waals surface area contributed by atoms with E-state index >= 15 is 0 Å². The summed E-state index contributed by atoms with van der Waals surface area (Å²) in [6.07, 6.45) is -0.0614. The van der Waals surface area contributed by atoms with Crippen LogP contribution in [0.5, 0.6) is 0 Å². The molecule has 7 nitrogen and oxygen atoms in total. The maximum absolute atomic E-state index is 13.4. The lowest BCUT2D eigenvalue weighted by Gasteiger charge is -2.35. The number of nitrogens with one attached hydrogen (secondary N) is 2. The van der Waals surface area contributed by atoms with Crippen LogP contribution in [0.15, 0.2) is 18.2 Å². The molecule has 0 bridgehead atoms. The van der Waals surface area contributed by atoms with Crippen molar-refractivity contribution >= 4 is 28.6 Å². The van der Waals surface area contributed by atoms with Crippen molar-refractivity contribution in [2.75, 3.05) is 20.1 Å². The van der Waals surface area contributed by atoms with Crippen LogP contribution in [-0.4, -0.2) is 53.8 Å². The minimum Gasteiger partial charge on any atom is -0.359 e. The fraction of sp³-hybridized carbons (Fsp3) is 0.400. The van der Waals surface area contributed by atoms with Crippen LogP contribution in [0.4, 0.5) is 0 Å². The molecule has 1 aromatic carbocycles. The number of aromatic nitrogens is 1. The molecule has 0 unspecified atom stereocenters. The highest BCUT2D eigenvalue weighted by atomic mass is 16.2. The first-order valence-corrected chi connectivity index (χ1v) is 8.99. The number of rotatable bonds is 3. The average Bonchev–Trinajstić information content (AvgIpc) is 2.62. The summed E-state index contributed by atoms with van der Waals surface area (Å²) in [4.78, 5) is 43.7. The Kier molecular flexibility index (Phi) is 5.12. The van der Waals surface area contributed by atoms with Gasteiger partial charge in [0.25, 0.3) is 5.91 Å². The zero-order chi connectivity index (χ0) is 19.7. The Morgan fingerprint density at radius 3 is 2.70 bits per heavy atom. The number of benzene rings is 1. The van der Waals surface area contributed by atoms with Crippen LogP contribution in [0.1, 0.15) is 33.6 Å². The Labute approximate surface area is 158 Å². The molecule has 0 saturated carbocycles. The fourth-order valence-electron chi connectivity index (χ4n) is 3.58. The number of amides is 3. The average molecular weight is 368 g/mol.